The fourth-order valence-corrected chi connectivity index (χ4v) is 5.45. The van der Waals surface area contributed by atoms with Crippen LogP contribution < -0.4 is 0 Å². The van der Waals surface area contributed by atoms with E-state index in [0.717, 1.165) is 36.8 Å². The number of rotatable bonds is 24. The monoisotopic (exact) mass is 657 g/mol. The predicted molar refractivity (Wildman–Crippen MR) is 197 cm³/mol. The van der Waals surface area contributed by atoms with Gasteiger partial charge in [-0.15, -0.1) is 0 Å². The molecule has 2 aromatic carbocycles. The van der Waals surface area contributed by atoms with Crippen molar-refractivity contribution in [1.82, 2.24) is 0 Å². The van der Waals surface area contributed by atoms with Gasteiger partial charge in [-0.2, -0.15) is 0 Å². The second-order valence-corrected chi connectivity index (χ2v) is 13.4. The molecule has 0 bridgehead atoms. The minimum absolute atomic E-state index is 0.151. The molecule has 0 fully saturated rings. The standard InChI is InChI=1S/C15H16O2.2C13H26O2/c1-15(2,11-3-7-13(16)8-4-11)12-5-9-14(17)10-6-12;2*1-2-3-4-5-6-7-8-9-10-11-12-13(14)15/h3-10,16-17H,1-2H3;2*2-12H2,1H3,(H,14,15). The number of hydrogen-bond acceptors (Lipinski definition) is 4. The first-order chi connectivity index (χ1) is 22.5. The molecule has 0 aliphatic heterocycles. The van der Waals surface area contributed by atoms with Crippen molar-refractivity contribution in [2.24, 2.45) is 0 Å². The van der Waals surface area contributed by atoms with Gasteiger partial charge in [0.25, 0.3) is 0 Å². The van der Waals surface area contributed by atoms with Crippen molar-refractivity contribution < 1.29 is 30.0 Å². The lowest BCUT2D eigenvalue weighted by molar-refractivity contribution is -0.138. The van der Waals surface area contributed by atoms with Crippen LogP contribution in [-0.2, 0) is 15.0 Å². The number of unbranched alkanes of at least 4 members (excludes halogenated alkanes) is 18. The Morgan fingerprint density at radius 1 is 0.447 bits per heavy atom. The lowest BCUT2D eigenvalue weighted by Crippen LogP contribution is -2.18. The summed E-state index contributed by atoms with van der Waals surface area (Å²) in [4.78, 5) is 20.5. The summed E-state index contributed by atoms with van der Waals surface area (Å²) in [5.74, 6) is -0.769. The number of aliphatic carboxylic acids is 2. The largest absolute Gasteiger partial charge is 0.508 e. The van der Waals surface area contributed by atoms with Crippen LogP contribution in [0.1, 0.15) is 180 Å². The number of phenols is 2. The zero-order valence-corrected chi connectivity index (χ0v) is 30.3. The van der Waals surface area contributed by atoms with Crippen LogP contribution in [0.5, 0.6) is 11.5 Å². The van der Waals surface area contributed by atoms with Gasteiger partial charge in [-0.25, -0.2) is 0 Å². The van der Waals surface area contributed by atoms with Gasteiger partial charge < -0.3 is 20.4 Å². The maximum Gasteiger partial charge on any atom is 0.303 e. The first kappa shape index (κ1) is 44.0. The van der Waals surface area contributed by atoms with Crippen molar-refractivity contribution >= 4 is 11.9 Å². The maximum atomic E-state index is 10.2. The third kappa shape index (κ3) is 25.7. The molecule has 268 valence electrons. The van der Waals surface area contributed by atoms with E-state index in [4.69, 9.17) is 10.2 Å². The smallest absolute Gasteiger partial charge is 0.303 e. The summed E-state index contributed by atoms with van der Waals surface area (Å²) < 4.78 is 0. The molecule has 0 amide bonds. The molecule has 47 heavy (non-hydrogen) atoms. The van der Waals surface area contributed by atoms with Gasteiger partial charge in [-0.3, -0.25) is 9.59 Å². The van der Waals surface area contributed by atoms with Crippen LogP contribution in [0.15, 0.2) is 48.5 Å². The van der Waals surface area contributed by atoms with Crippen molar-refractivity contribution in [3.05, 3.63) is 59.7 Å². The molecule has 2 rings (SSSR count). The van der Waals surface area contributed by atoms with Crippen molar-refractivity contribution in [2.45, 2.75) is 174 Å². The summed E-state index contributed by atoms with van der Waals surface area (Å²) in [7, 11) is 0. The highest BCUT2D eigenvalue weighted by Crippen LogP contribution is 2.33. The van der Waals surface area contributed by atoms with E-state index >= 15 is 0 Å². The molecule has 0 atom stereocenters. The first-order valence-corrected chi connectivity index (χ1v) is 18.6. The fraction of sp³-hybridized carbons (Fsp3) is 0.659. The van der Waals surface area contributed by atoms with Crippen LogP contribution >= 0.6 is 0 Å². The van der Waals surface area contributed by atoms with Crippen molar-refractivity contribution in [1.29, 1.82) is 0 Å². The molecule has 6 nitrogen and oxygen atoms in total. The number of carbonyl (C=O) groups is 2. The van der Waals surface area contributed by atoms with E-state index < -0.39 is 11.9 Å². The van der Waals surface area contributed by atoms with E-state index in [0.29, 0.717) is 12.8 Å². The number of carboxylic acids is 2. The Morgan fingerprint density at radius 2 is 0.681 bits per heavy atom. The average Bonchev–Trinajstić information content (AvgIpc) is 3.04. The molecule has 2 aromatic rings. The zero-order chi connectivity index (χ0) is 35.2. The highest BCUT2D eigenvalue weighted by atomic mass is 16.4. The van der Waals surface area contributed by atoms with Crippen LogP contribution in [0, 0.1) is 0 Å². The van der Waals surface area contributed by atoms with E-state index in [1.807, 2.05) is 24.3 Å². The number of benzene rings is 2. The maximum absolute atomic E-state index is 10.2. The Hall–Kier alpha value is -3.02. The van der Waals surface area contributed by atoms with Gasteiger partial charge in [0, 0.05) is 18.3 Å². The summed E-state index contributed by atoms with van der Waals surface area (Å²) in [6, 6.07) is 14.4. The molecule has 6 heteroatoms. The van der Waals surface area contributed by atoms with Crippen LogP contribution in [-0.4, -0.2) is 32.4 Å². The Bertz CT molecular complexity index is 932. The molecule has 0 saturated carbocycles. The number of hydrogen-bond donors (Lipinski definition) is 4. The number of carboxylic acid groups (broad SMARTS) is 2. The molecule has 0 aliphatic rings. The molecule has 0 unspecified atom stereocenters. The van der Waals surface area contributed by atoms with E-state index in [1.165, 1.54) is 103 Å². The second-order valence-electron chi connectivity index (χ2n) is 13.4. The van der Waals surface area contributed by atoms with Crippen LogP contribution in [0.3, 0.4) is 0 Å². The quantitative estimate of drug-likeness (QED) is 0.0836. The number of phenolic OH excluding ortho intramolecular Hbond substituents is 2. The summed E-state index contributed by atoms with van der Waals surface area (Å²) in [5, 5.41) is 35.5. The highest BCUT2D eigenvalue weighted by Gasteiger charge is 2.22. The van der Waals surface area contributed by atoms with E-state index in [1.54, 1.807) is 24.3 Å². The van der Waals surface area contributed by atoms with Gasteiger partial charge >= 0.3 is 11.9 Å². The van der Waals surface area contributed by atoms with Gasteiger partial charge in [-0.1, -0.05) is 168 Å². The minimum Gasteiger partial charge on any atom is -0.508 e. The van der Waals surface area contributed by atoms with Gasteiger partial charge in [0.15, 0.2) is 0 Å². The average molecular weight is 657 g/mol. The van der Waals surface area contributed by atoms with E-state index in [9.17, 15) is 19.8 Å². The Balaban J connectivity index is 0.000000678. The lowest BCUT2D eigenvalue weighted by Gasteiger charge is -2.26. The molecule has 0 heterocycles. The topological polar surface area (TPSA) is 115 Å². The normalized spacial score (nSPS) is 10.8. The molecule has 0 spiro atoms. The van der Waals surface area contributed by atoms with Crippen molar-refractivity contribution in [2.75, 3.05) is 0 Å². The second kappa shape index (κ2) is 29.1. The van der Waals surface area contributed by atoms with Gasteiger partial charge in [-0.05, 0) is 48.2 Å². The van der Waals surface area contributed by atoms with Gasteiger partial charge in [0.2, 0.25) is 0 Å². The van der Waals surface area contributed by atoms with Crippen LogP contribution in [0.2, 0.25) is 0 Å². The molecule has 0 saturated heterocycles. The zero-order valence-electron chi connectivity index (χ0n) is 30.3. The Kier molecular flexibility index (Phi) is 27.3. The third-order valence-electron chi connectivity index (χ3n) is 8.67. The molecule has 0 aromatic heterocycles. The van der Waals surface area contributed by atoms with E-state index in [2.05, 4.69) is 27.7 Å². The van der Waals surface area contributed by atoms with Crippen molar-refractivity contribution in [3.63, 3.8) is 0 Å². The van der Waals surface area contributed by atoms with Crippen LogP contribution in [0.25, 0.3) is 0 Å². The number of aromatic hydroxyl groups is 2. The molecular formula is C41H68O6. The minimum atomic E-state index is -0.658. The summed E-state index contributed by atoms with van der Waals surface area (Å²) in [6.45, 7) is 8.71. The molecular weight excluding hydrogens is 588 g/mol. The van der Waals surface area contributed by atoms with Gasteiger partial charge in [0.05, 0.1) is 0 Å². The lowest BCUT2D eigenvalue weighted by atomic mass is 9.78. The Morgan fingerprint density at radius 3 is 0.915 bits per heavy atom. The Labute approximate surface area is 287 Å². The molecule has 4 N–H and O–H groups in total. The van der Waals surface area contributed by atoms with E-state index in [-0.39, 0.29) is 16.9 Å². The van der Waals surface area contributed by atoms with Crippen LogP contribution in [0.4, 0.5) is 0 Å². The summed E-state index contributed by atoms with van der Waals surface area (Å²) in [6.07, 6.45) is 25.8. The molecule has 0 radical (unpaired) electrons. The van der Waals surface area contributed by atoms with Crippen molar-refractivity contribution in [3.8, 4) is 11.5 Å². The fourth-order valence-electron chi connectivity index (χ4n) is 5.45. The summed E-state index contributed by atoms with van der Waals surface area (Å²) in [5.41, 5.74) is 2.10. The highest BCUT2D eigenvalue weighted by molar-refractivity contribution is 5.66. The predicted octanol–water partition coefficient (Wildman–Crippen LogP) is 12.2. The SMILES string of the molecule is CC(C)(c1ccc(O)cc1)c1ccc(O)cc1.CCCCCCCCCCCCC(=O)O.CCCCCCCCCCCCC(=O)O. The summed E-state index contributed by atoms with van der Waals surface area (Å²) >= 11 is 0. The van der Waals surface area contributed by atoms with Gasteiger partial charge in [0.1, 0.15) is 11.5 Å². The third-order valence-corrected chi connectivity index (χ3v) is 8.67. The first-order valence-electron chi connectivity index (χ1n) is 18.6. The molecule has 0 aliphatic carbocycles.